The van der Waals surface area contributed by atoms with E-state index in [1.54, 1.807) is 19.1 Å². The molecule has 3 aromatic rings. The van der Waals surface area contributed by atoms with Gasteiger partial charge in [0, 0.05) is 12.0 Å². The third kappa shape index (κ3) is 5.47. The van der Waals surface area contributed by atoms with Crippen LogP contribution < -0.4 is 36.2 Å². The number of aliphatic carboxylic acids is 1. The average Bonchev–Trinajstić information content (AvgIpc) is 3.76. The molecule has 0 radical (unpaired) electrons. The number of carboxylic acid groups (broad SMARTS) is 1. The van der Waals surface area contributed by atoms with E-state index < -0.39 is 36.5 Å². The van der Waals surface area contributed by atoms with Gasteiger partial charge >= 0.3 is 35.0 Å². The Labute approximate surface area is 286 Å². The zero-order chi connectivity index (χ0) is 33.0. The van der Waals surface area contributed by atoms with Crippen LogP contribution in [0.15, 0.2) is 12.3 Å². The Morgan fingerprint density at radius 3 is 2.40 bits per heavy atom. The second-order valence-corrected chi connectivity index (χ2v) is 11.9. The molecule has 0 aromatic carbocycles. The summed E-state index contributed by atoms with van der Waals surface area (Å²) in [6, 6.07) is -0.761. The zero-order valence-corrected chi connectivity index (χ0v) is 28.1. The monoisotopic (exact) mass is 646 g/mol. The molecule has 4 atom stereocenters. The summed E-state index contributed by atoms with van der Waals surface area (Å²) in [6.07, 6.45) is 8.82. The Morgan fingerprint density at radius 1 is 1.04 bits per heavy atom. The van der Waals surface area contributed by atoms with Crippen LogP contribution in [-0.4, -0.2) is 68.9 Å². The molecule has 0 spiro atoms. The van der Waals surface area contributed by atoms with Gasteiger partial charge in [0.2, 0.25) is 0 Å². The molecule has 1 fully saturated rings. The predicted octanol–water partition coefficient (Wildman–Crippen LogP) is 0.637. The molecule has 3 aromatic heterocycles. The molecule has 1 saturated heterocycles. The first-order chi connectivity index (χ1) is 22.0. The van der Waals surface area contributed by atoms with Gasteiger partial charge in [0.25, 0.3) is 0 Å². The van der Waals surface area contributed by atoms with Crippen molar-refractivity contribution in [3.63, 3.8) is 0 Å². The molecule has 6 rings (SSSR count). The van der Waals surface area contributed by atoms with Crippen molar-refractivity contribution in [1.82, 2.24) is 15.0 Å². The van der Waals surface area contributed by atoms with E-state index in [9.17, 15) is 29.7 Å². The van der Waals surface area contributed by atoms with Crippen molar-refractivity contribution in [2.75, 3.05) is 6.79 Å². The quantitative estimate of drug-likeness (QED) is 0.143. The van der Waals surface area contributed by atoms with Crippen LogP contribution in [-0.2, 0) is 20.7 Å². The van der Waals surface area contributed by atoms with Crippen LogP contribution in [0.1, 0.15) is 76.4 Å². The summed E-state index contributed by atoms with van der Waals surface area (Å²) in [7, 11) is 0. The average molecular weight is 647 g/mol. The van der Waals surface area contributed by atoms with Crippen LogP contribution in [0.3, 0.4) is 0 Å². The summed E-state index contributed by atoms with van der Waals surface area (Å²) in [5.74, 6) is -4.43. The first kappa shape index (κ1) is 34.1. The standard InChI is InChI=1S/C35H34N4O7.Mg/c1-6-18-15(3)22-10-23-16(4)20(8-9-28(42)43)32(38-23)30-31(35(45)46-14-41)34(44)29-17(5)24(39-33(29)30)11-26-19(7-2)21(13-40)27(37-26)12-25(18)36-22;/h6,10-13,16,20,31-32,41H,1,7-9,14H2,2-5H3,(H,40,44)(H,42,43);/q-4;+2/b23-10-,27-12-;/t16-,20-,31+,32?;/m0./s1. The third-order valence-corrected chi connectivity index (χ3v) is 9.55. The number of hydrogen-bond donors (Lipinski definition) is 3. The van der Waals surface area contributed by atoms with Gasteiger partial charge in [-0.3, -0.25) is 14.4 Å². The van der Waals surface area contributed by atoms with Gasteiger partial charge in [-0.1, -0.05) is 73.0 Å². The van der Waals surface area contributed by atoms with Gasteiger partial charge < -0.3 is 40.3 Å². The number of rotatable bonds is 7. The number of nitrogens with zero attached hydrogens (tertiary/aromatic N) is 4. The van der Waals surface area contributed by atoms with Crippen LogP contribution in [0.2, 0.25) is 0 Å². The van der Waals surface area contributed by atoms with E-state index in [1.165, 1.54) is 0 Å². The van der Waals surface area contributed by atoms with E-state index >= 15 is 0 Å². The van der Waals surface area contributed by atoms with Crippen molar-refractivity contribution < 1.29 is 34.4 Å². The third-order valence-electron chi connectivity index (χ3n) is 9.55. The van der Waals surface area contributed by atoms with Crippen LogP contribution in [0, 0.1) is 31.6 Å². The number of esters is 1. The molecule has 240 valence electrons. The minimum atomic E-state index is -1.39. The summed E-state index contributed by atoms with van der Waals surface area (Å²) in [4.78, 5) is 53.7. The van der Waals surface area contributed by atoms with E-state index in [-0.39, 0.29) is 53.3 Å². The topological polar surface area (TPSA) is 178 Å². The van der Waals surface area contributed by atoms with Gasteiger partial charge in [0.15, 0.2) is 12.6 Å². The van der Waals surface area contributed by atoms with Gasteiger partial charge in [-0.05, 0) is 49.3 Å². The van der Waals surface area contributed by atoms with Crippen molar-refractivity contribution in [1.29, 1.82) is 0 Å². The summed E-state index contributed by atoms with van der Waals surface area (Å²) in [6.45, 7) is 10.7. The Hall–Kier alpha value is -4.26. The fourth-order valence-electron chi connectivity index (χ4n) is 7.17. The number of allylic oxidation sites excluding steroid dienone is 1. The van der Waals surface area contributed by atoms with Crippen molar-refractivity contribution in [2.45, 2.75) is 53.0 Å². The van der Waals surface area contributed by atoms with Gasteiger partial charge in [-0.2, -0.15) is 5.70 Å². The molecule has 5 heterocycles. The molecule has 2 aliphatic heterocycles. The van der Waals surface area contributed by atoms with Gasteiger partial charge in [0.1, 0.15) is 5.92 Å². The molecule has 8 bridgehead atoms. The number of Topliss-reactive ketones (excluding diaryl/α,β-unsaturated/α-hetero) is 1. The predicted molar refractivity (Wildman–Crippen MR) is 176 cm³/mol. The molecule has 0 amide bonds. The van der Waals surface area contributed by atoms with E-state index in [0.717, 1.165) is 23.0 Å². The Morgan fingerprint density at radius 2 is 1.77 bits per heavy atom. The van der Waals surface area contributed by atoms with Crippen molar-refractivity contribution in [3.05, 3.63) is 83.8 Å². The second-order valence-electron chi connectivity index (χ2n) is 11.9. The summed E-state index contributed by atoms with van der Waals surface area (Å²) in [5.41, 5.74) is 6.02. The number of ketones is 1. The minimum Gasteiger partial charge on any atom is -0.681 e. The Balaban J connectivity index is 0.00000433. The van der Waals surface area contributed by atoms with Gasteiger partial charge in [-0.15, -0.1) is 33.1 Å². The SMILES string of the molecule is C=Cc1c2[n-]c(c1C)/C=C1\[N-]C(C3=c4[n-]/c(c(C)c4C(=O)[C@@H]3C(=O)OCO)=C\c3[n-]c(/c(=C\O)c3CC)=C\2)[C@@H](CCC(=O)O)[C@@H]1C.[Mg+2]. The first-order valence-electron chi connectivity index (χ1n) is 15.2. The summed E-state index contributed by atoms with van der Waals surface area (Å²) in [5, 5.41) is 36.2. The van der Waals surface area contributed by atoms with Gasteiger partial charge in [-0.25, -0.2) is 0 Å². The number of ether oxygens (including phenoxy) is 1. The number of carboxylic acids is 1. The molecule has 47 heavy (non-hydrogen) atoms. The fourth-order valence-corrected chi connectivity index (χ4v) is 7.17. The van der Waals surface area contributed by atoms with E-state index in [0.29, 0.717) is 61.6 Å². The number of aliphatic hydroxyl groups excluding tert-OH is 2. The van der Waals surface area contributed by atoms with Crippen LogP contribution in [0.4, 0.5) is 0 Å². The van der Waals surface area contributed by atoms with E-state index in [1.807, 2.05) is 32.9 Å². The molecular weight excluding hydrogens is 613 g/mol. The summed E-state index contributed by atoms with van der Waals surface area (Å²) >= 11 is 0. The molecule has 0 saturated carbocycles. The molecule has 3 aliphatic rings. The van der Waals surface area contributed by atoms with Crippen molar-refractivity contribution in [2.24, 2.45) is 17.8 Å². The maximum Gasteiger partial charge on any atom is 2.00 e. The molecule has 3 N–H and O–H groups in total. The first-order valence-corrected chi connectivity index (χ1v) is 15.2. The minimum absolute atomic E-state index is 0. The van der Waals surface area contributed by atoms with E-state index in [4.69, 9.17) is 25.0 Å². The zero-order valence-electron chi connectivity index (χ0n) is 26.7. The van der Waals surface area contributed by atoms with Crippen LogP contribution in [0.25, 0.3) is 41.5 Å². The normalized spacial score (nSPS) is 23.9. The fraction of sp³-hybridized carbons (Fsp3) is 0.343. The maximum absolute atomic E-state index is 14.0. The Bertz CT molecular complexity index is 2100. The van der Waals surface area contributed by atoms with E-state index in [2.05, 4.69) is 6.58 Å². The largest absolute Gasteiger partial charge is 2.00 e. The van der Waals surface area contributed by atoms with Crippen LogP contribution >= 0.6 is 0 Å². The number of carbonyl (C=O) groups is 3. The molecule has 1 aliphatic carbocycles. The summed E-state index contributed by atoms with van der Waals surface area (Å²) < 4.78 is 4.96. The number of carbonyl (C=O) groups excluding carboxylic acids is 2. The van der Waals surface area contributed by atoms with Gasteiger partial charge in [0.05, 0.1) is 6.26 Å². The molecule has 12 heteroatoms. The molecule has 1 unspecified atom stereocenters. The number of fused-ring (bicyclic) bond motifs is 8. The number of aliphatic hydroxyl groups is 2. The molecule has 11 nitrogen and oxygen atoms in total. The maximum atomic E-state index is 14.0. The van der Waals surface area contributed by atoms with Crippen molar-refractivity contribution >= 4 is 76.9 Å². The number of aromatic nitrogens is 3. The van der Waals surface area contributed by atoms with Crippen LogP contribution in [0.5, 0.6) is 0 Å². The second kappa shape index (κ2) is 13.1. The smallest absolute Gasteiger partial charge is 0.681 e. The Kier molecular flexibility index (Phi) is 9.49. The van der Waals surface area contributed by atoms with Crippen molar-refractivity contribution in [3.8, 4) is 0 Å². The molecular formula is C35H34MgN4O7-2. The number of hydrogen-bond acceptors (Lipinski definition) is 6.